The lowest BCUT2D eigenvalue weighted by molar-refractivity contribution is -0.142. The number of β-amino-alcohol motifs (C(OH)–C–C–N with tert-alkyl or cyclic N) is 1. The maximum atomic E-state index is 13.5. The molecule has 0 bridgehead atoms. The van der Waals surface area contributed by atoms with Crippen molar-refractivity contribution < 1.29 is 31.4 Å². The van der Waals surface area contributed by atoms with E-state index in [0.717, 1.165) is 18.0 Å². The van der Waals surface area contributed by atoms with Gasteiger partial charge in [-0.25, -0.2) is 4.98 Å². The molecule has 0 spiro atoms. The van der Waals surface area contributed by atoms with E-state index in [1.807, 2.05) is 23.1 Å². The van der Waals surface area contributed by atoms with Crippen molar-refractivity contribution in [3.05, 3.63) is 89.1 Å². The lowest BCUT2D eigenvalue weighted by Crippen LogP contribution is -2.47. The van der Waals surface area contributed by atoms with Crippen molar-refractivity contribution in [2.75, 3.05) is 32.7 Å². The molecule has 2 heterocycles. The predicted molar refractivity (Wildman–Crippen MR) is 132 cm³/mol. The summed E-state index contributed by atoms with van der Waals surface area (Å²) in [7, 11) is 0. The van der Waals surface area contributed by atoms with Gasteiger partial charge >= 0.3 is 12.4 Å². The van der Waals surface area contributed by atoms with Crippen LogP contribution in [-0.4, -0.2) is 52.6 Å². The summed E-state index contributed by atoms with van der Waals surface area (Å²) in [6, 6.07) is 18.0. The van der Waals surface area contributed by atoms with E-state index in [4.69, 9.17) is 0 Å². The van der Waals surface area contributed by atoms with Crippen molar-refractivity contribution in [1.82, 2.24) is 14.8 Å². The van der Waals surface area contributed by atoms with Gasteiger partial charge in [0.25, 0.3) is 0 Å². The molecule has 1 fully saturated rings. The number of aliphatic hydroxyl groups excluding tert-OH is 1. The number of para-hydroxylation sites is 1. The molecule has 0 radical (unpaired) electrons. The molecule has 1 N–H and O–H groups in total. The normalized spacial score (nSPS) is 16.8. The highest BCUT2D eigenvalue weighted by Gasteiger charge is 2.38. The first-order valence-corrected chi connectivity index (χ1v) is 12.2. The SMILES string of the molecule is OC(CN1CCN(Cc2cccc3ccccc23)CC1)c1cc(C(F)(F)F)nc2c(C(F)(F)F)cccc12. The number of rotatable bonds is 5. The minimum atomic E-state index is -4.96. The van der Waals surface area contributed by atoms with Crippen LogP contribution in [-0.2, 0) is 18.9 Å². The van der Waals surface area contributed by atoms with Crippen LogP contribution in [0.1, 0.15) is 28.5 Å². The van der Waals surface area contributed by atoms with Gasteiger partial charge in [0.05, 0.1) is 17.2 Å². The molecule has 0 aliphatic carbocycles. The Morgan fingerprint density at radius 1 is 0.763 bits per heavy atom. The fourth-order valence-corrected chi connectivity index (χ4v) is 5.07. The van der Waals surface area contributed by atoms with Crippen LogP contribution in [0.3, 0.4) is 0 Å². The lowest BCUT2D eigenvalue weighted by Gasteiger charge is -2.36. The number of halogens is 6. The van der Waals surface area contributed by atoms with Crippen LogP contribution in [0, 0.1) is 0 Å². The molecule has 10 heteroatoms. The Kier molecular flexibility index (Phi) is 7.06. The molecular formula is C28H25F6N3O. The Hall–Kier alpha value is -3.21. The summed E-state index contributed by atoms with van der Waals surface area (Å²) in [5.41, 5.74) is -2.57. The highest BCUT2D eigenvalue weighted by molar-refractivity contribution is 5.86. The Labute approximate surface area is 215 Å². The fraction of sp³-hybridized carbons (Fsp3) is 0.321. The van der Waals surface area contributed by atoms with Crippen LogP contribution in [0.25, 0.3) is 21.7 Å². The van der Waals surface area contributed by atoms with Crippen molar-refractivity contribution in [3.63, 3.8) is 0 Å². The van der Waals surface area contributed by atoms with Crippen molar-refractivity contribution in [2.24, 2.45) is 0 Å². The number of aromatic nitrogens is 1. The topological polar surface area (TPSA) is 39.6 Å². The molecule has 0 amide bonds. The summed E-state index contributed by atoms with van der Waals surface area (Å²) in [5.74, 6) is 0. The van der Waals surface area contributed by atoms with Crippen molar-refractivity contribution in [2.45, 2.75) is 25.0 Å². The number of hydrogen-bond acceptors (Lipinski definition) is 4. The zero-order valence-electron chi connectivity index (χ0n) is 20.2. The molecule has 38 heavy (non-hydrogen) atoms. The summed E-state index contributed by atoms with van der Waals surface area (Å²) in [6.07, 6.45) is -11.3. The van der Waals surface area contributed by atoms with E-state index < -0.39 is 35.2 Å². The third-order valence-electron chi connectivity index (χ3n) is 7.00. The van der Waals surface area contributed by atoms with Crippen LogP contribution >= 0.6 is 0 Å². The molecule has 4 nitrogen and oxygen atoms in total. The average molecular weight is 534 g/mol. The minimum absolute atomic E-state index is 0.00519. The Morgan fingerprint density at radius 2 is 1.39 bits per heavy atom. The molecule has 1 unspecified atom stereocenters. The first-order valence-electron chi connectivity index (χ1n) is 12.2. The largest absolute Gasteiger partial charge is 0.433 e. The quantitative estimate of drug-likeness (QED) is 0.307. The van der Waals surface area contributed by atoms with Gasteiger partial charge in [-0.1, -0.05) is 54.6 Å². The average Bonchev–Trinajstić information content (AvgIpc) is 2.88. The maximum absolute atomic E-state index is 13.5. The molecule has 3 aromatic carbocycles. The van der Waals surface area contributed by atoms with Gasteiger partial charge in [-0.05, 0) is 34.0 Å². The highest BCUT2D eigenvalue weighted by atomic mass is 19.4. The van der Waals surface area contributed by atoms with Gasteiger partial charge in [0.1, 0.15) is 5.69 Å². The number of nitrogens with zero attached hydrogens (tertiary/aromatic N) is 3. The zero-order valence-corrected chi connectivity index (χ0v) is 20.2. The second-order valence-electron chi connectivity index (χ2n) is 9.52. The van der Waals surface area contributed by atoms with Gasteiger partial charge in [0.15, 0.2) is 0 Å². The summed E-state index contributed by atoms with van der Waals surface area (Å²) < 4.78 is 81.2. The molecular weight excluding hydrogens is 508 g/mol. The Balaban J connectivity index is 1.33. The fourth-order valence-electron chi connectivity index (χ4n) is 5.07. The smallest absolute Gasteiger partial charge is 0.387 e. The molecule has 1 atom stereocenters. The minimum Gasteiger partial charge on any atom is -0.387 e. The number of benzene rings is 3. The second kappa shape index (κ2) is 10.2. The monoisotopic (exact) mass is 533 g/mol. The van der Waals surface area contributed by atoms with Crippen molar-refractivity contribution >= 4 is 21.7 Å². The first kappa shape index (κ1) is 26.4. The number of pyridine rings is 1. The first-order chi connectivity index (χ1) is 18.0. The van der Waals surface area contributed by atoms with Crippen LogP contribution in [0.5, 0.6) is 0 Å². The molecule has 1 aliphatic heterocycles. The van der Waals surface area contributed by atoms with Gasteiger partial charge in [0, 0.05) is 44.7 Å². The Morgan fingerprint density at radius 3 is 2.11 bits per heavy atom. The number of aliphatic hydroxyl groups is 1. The number of fused-ring (bicyclic) bond motifs is 2. The van der Waals surface area contributed by atoms with Crippen LogP contribution in [0.2, 0.25) is 0 Å². The molecule has 5 rings (SSSR count). The van der Waals surface area contributed by atoms with E-state index in [-0.39, 0.29) is 17.5 Å². The second-order valence-corrected chi connectivity index (χ2v) is 9.52. The van der Waals surface area contributed by atoms with E-state index in [0.29, 0.717) is 38.3 Å². The molecule has 1 aliphatic rings. The Bertz CT molecular complexity index is 1440. The maximum Gasteiger partial charge on any atom is 0.433 e. The van der Waals surface area contributed by atoms with E-state index >= 15 is 0 Å². The molecule has 1 aromatic heterocycles. The summed E-state index contributed by atoms with van der Waals surface area (Å²) in [6.45, 7) is 3.21. The van der Waals surface area contributed by atoms with Crippen LogP contribution in [0.4, 0.5) is 26.3 Å². The molecule has 4 aromatic rings. The van der Waals surface area contributed by atoms with Gasteiger partial charge in [-0.15, -0.1) is 0 Å². The van der Waals surface area contributed by atoms with E-state index in [9.17, 15) is 31.4 Å². The van der Waals surface area contributed by atoms with E-state index in [1.54, 1.807) is 0 Å². The lowest BCUT2D eigenvalue weighted by atomic mass is 9.99. The number of alkyl halides is 6. The number of piperazine rings is 1. The third kappa shape index (κ3) is 5.48. The zero-order chi connectivity index (χ0) is 27.1. The van der Waals surface area contributed by atoms with Crippen molar-refractivity contribution in [3.8, 4) is 0 Å². The summed E-state index contributed by atoms with van der Waals surface area (Å²) in [5, 5.41) is 13.1. The van der Waals surface area contributed by atoms with E-state index in [1.165, 1.54) is 17.0 Å². The van der Waals surface area contributed by atoms with Gasteiger partial charge in [-0.2, -0.15) is 26.3 Å². The van der Waals surface area contributed by atoms with Gasteiger partial charge < -0.3 is 5.11 Å². The van der Waals surface area contributed by atoms with Crippen LogP contribution < -0.4 is 0 Å². The number of hydrogen-bond donors (Lipinski definition) is 1. The van der Waals surface area contributed by atoms with Gasteiger partial charge in [-0.3, -0.25) is 9.80 Å². The predicted octanol–water partition coefficient (Wildman–Crippen LogP) is 6.28. The van der Waals surface area contributed by atoms with Crippen molar-refractivity contribution in [1.29, 1.82) is 0 Å². The summed E-state index contributed by atoms with van der Waals surface area (Å²) in [4.78, 5) is 7.48. The third-order valence-corrected chi connectivity index (χ3v) is 7.00. The molecule has 1 saturated heterocycles. The highest BCUT2D eigenvalue weighted by Crippen LogP contribution is 2.39. The van der Waals surface area contributed by atoms with Crippen LogP contribution in [0.15, 0.2) is 66.7 Å². The van der Waals surface area contributed by atoms with E-state index in [2.05, 4.69) is 34.1 Å². The van der Waals surface area contributed by atoms with Gasteiger partial charge in [0.2, 0.25) is 0 Å². The summed E-state index contributed by atoms with van der Waals surface area (Å²) >= 11 is 0. The molecule has 200 valence electrons. The molecule has 0 saturated carbocycles. The standard InChI is InChI=1S/C28H25F6N3O/c29-27(30,31)23-10-4-9-21-22(15-25(28(32,33)34)35-26(21)23)24(38)17-37-13-11-36(12-14-37)16-19-7-3-6-18-5-1-2-8-20(18)19/h1-10,15,24,38H,11-14,16-17H2.